The van der Waals surface area contributed by atoms with E-state index < -0.39 is 24.0 Å². The molecule has 0 bridgehead atoms. The Morgan fingerprint density at radius 3 is 2.47 bits per heavy atom. The lowest BCUT2D eigenvalue weighted by atomic mass is 9.85. The lowest BCUT2D eigenvalue weighted by Crippen LogP contribution is -2.52. The van der Waals surface area contributed by atoms with Gasteiger partial charge in [-0.2, -0.15) is 13.2 Å². The van der Waals surface area contributed by atoms with E-state index in [1.807, 2.05) is 12.1 Å². The molecule has 4 rings (SSSR count). The first-order chi connectivity index (χ1) is 14.2. The third kappa shape index (κ3) is 4.21. The van der Waals surface area contributed by atoms with Gasteiger partial charge in [0, 0.05) is 31.1 Å². The van der Waals surface area contributed by atoms with Gasteiger partial charge in [-0.1, -0.05) is 12.1 Å². The number of fused-ring (bicyclic) bond motifs is 1. The Morgan fingerprint density at radius 1 is 1.07 bits per heavy atom. The molecule has 9 heteroatoms. The van der Waals surface area contributed by atoms with Crippen molar-refractivity contribution in [2.24, 2.45) is 5.92 Å². The molecule has 0 aromatic heterocycles. The van der Waals surface area contributed by atoms with Gasteiger partial charge in [0.05, 0.1) is 5.92 Å². The fourth-order valence-corrected chi connectivity index (χ4v) is 4.62. The highest BCUT2D eigenvalue weighted by molar-refractivity contribution is 6.05. The highest BCUT2D eigenvalue weighted by Crippen LogP contribution is 2.37. The lowest BCUT2D eigenvalue weighted by molar-refractivity contribution is -0.182. The van der Waals surface area contributed by atoms with Crippen LogP contribution in [0.2, 0.25) is 0 Å². The molecule has 6 nitrogen and oxygen atoms in total. The fraction of sp³-hybridized carbons (Fsp3) is 0.571. The maximum absolute atomic E-state index is 12.8. The SMILES string of the molecule is O=C1CCC(N2Cc3cc(CN[C@H]4CC[C@H](C(F)(F)F)CC4)ccc3C2=O)C(=O)N1. The van der Waals surface area contributed by atoms with Crippen LogP contribution in [-0.2, 0) is 22.7 Å². The van der Waals surface area contributed by atoms with Crippen molar-refractivity contribution in [1.29, 1.82) is 0 Å². The largest absolute Gasteiger partial charge is 0.391 e. The number of halogens is 3. The summed E-state index contributed by atoms with van der Waals surface area (Å²) >= 11 is 0. The van der Waals surface area contributed by atoms with Gasteiger partial charge in [0.2, 0.25) is 11.8 Å². The first-order valence-corrected chi connectivity index (χ1v) is 10.3. The molecule has 1 aliphatic carbocycles. The lowest BCUT2D eigenvalue weighted by Gasteiger charge is -2.30. The molecule has 0 radical (unpaired) electrons. The van der Waals surface area contributed by atoms with Crippen LogP contribution in [0.25, 0.3) is 0 Å². The first-order valence-electron chi connectivity index (χ1n) is 10.3. The van der Waals surface area contributed by atoms with Gasteiger partial charge in [-0.05, 0) is 49.3 Å². The van der Waals surface area contributed by atoms with Crippen LogP contribution in [0.4, 0.5) is 13.2 Å². The molecular formula is C21H24F3N3O3. The van der Waals surface area contributed by atoms with Crippen molar-refractivity contribution in [1.82, 2.24) is 15.5 Å². The number of carbonyl (C=O) groups is 3. The summed E-state index contributed by atoms with van der Waals surface area (Å²) in [5, 5.41) is 5.61. The predicted molar refractivity (Wildman–Crippen MR) is 101 cm³/mol. The Balaban J connectivity index is 1.34. The molecule has 1 aromatic rings. The van der Waals surface area contributed by atoms with E-state index in [2.05, 4.69) is 10.6 Å². The van der Waals surface area contributed by atoms with Crippen molar-refractivity contribution in [3.8, 4) is 0 Å². The molecule has 2 heterocycles. The molecule has 2 aliphatic heterocycles. The normalized spacial score (nSPS) is 27.2. The van der Waals surface area contributed by atoms with Gasteiger partial charge in [0.1, 0.15) is 6.04 Å². The molecule has 3 amide bonds. The van der Waals surface area contributed by atoms with Crippen LogP contribution in [0.5, 0.6) is 0 Å². The minimum atomic E-state index is -4.11. The number of hydrogen-bond acceptors (Lipinski definition) is 4. The van der Waals surface area contributed by atoms with Gasteiger partial charge in [-0.3, -0.25) is 19.7 Å². The third-order valence-electron chi connectivity index (χ3n) is 6.37. The molecule has 3 aliphatic rings. The summed E-state index contributed by atoms with van der Waals surface area (Å²) in [6, 6.07) is 4.89. The fourth-order valence-electron chi connectivity index (χ4n) is 4.62. The second-order valence-electron chi connectivity index (χ2n) is 8.36. The van der Waals surface area contributed by atoms with Crippen LogP contribution in [0.15, 0.2) is 18.2 Å². The molecule has 30 heavy (non-hydrogen) atoms. The number of piperidine rings is 1. The topological polar surface area (TPSA) is 78.5 Å². The van der Waals surface area contributed by atoms with Crippen LogP contribution in [0.3, 0.4) is 0 Å². The Labute approximate surface area is 172 Å². The van der Waals surface area contributed by atoms with Crippen molar-refractivity contribution >= 4 is 17.7 Å². The average molecular weight is 423 g/mol. The summed E-state index contributed by atoms with van der Waals surface area (Å²) in [6.07, 6.45) is -2.27. The Morgan fingerprint density at radius 2 is 1.80 bits per heavy atom. The highest BCUT2D eigenvalue weighted by atomic mass is 19.4. The monoisotopic (exact) mass is 423 g/mol. The smallest absolute Gasteiger partial charge is 0.322 e. The Bertz CT molecular complexity index is 863. The summed E-state index contributed by atoms with van der Waals surface area (Å²) in [4.78, 5) is 37.7. The van der Waals surface area contributed by atoms with Crippen LogP contribution in [0.1, 0.15) is 60.0 Å². The number of carbonyl (C=O) groups excluding carboxylic acids is 3. The second kappa shape index (κ2) is 8.02. The molecule has 1 saturated heterocycles. The molecule has 0 spiro atoms. The summed E-state index contributed by atoms with van der Waals surface area (Å²) in [5.74, 6) is -2.17. The predicted octanol–water partition coefficient (Wildman–Crippen LogP) is 2.66. The summed E-state index contributed by atoms with van der Waals surface area (Å²) in [5.41, 5.74) is 2.32. The number of nitrogens with zero attached hydrogens (tertiary/aromatic N) is 1. The van der Waals surface area contributed by atoms with E-state index in [1.54, 1.807) is 6.07 Å². The molecule has 162 valence electrons. The number of imide groups is 1. The minimum absolute atomic E-state index is 0.0541. The highest BCUT2D eigenvalue weighted by Gasteiger charge is 2.41. The summed E-state index contributed by atoms with van der Waals surface area (Å²) in [6.45, 7) is 0.826. The van der Waals surface area contributed by atoms with Gasteiger partial charge < -0.3 is 10.2 Å². The number of benzene rings is 1. The number of alkyl halides is 3. The van der Waals surface area contributed by atoms with Gasteiger partial charge in [-0.15, -0.1) is 0 Å². The molecular weight excluding hydrogens is 399 g/mol. The van der Waals surface area contributed by atoms with E-state index in [0.717, 1.165) is 11.1 Å². The van der Waals surface area contributed by atoms with Gasteiger partial charge >= 0.3 is 6.18 Å². The first kappa shape index (κ1) is 20.8. The van der Waals surface area contributed by atoms with E-state index in [0.29, 0.717) is 37.9 Å². The summed E-state index contributed by atoms with van der Waals surface area (Å²) in [7, 11) is 0. The maximum Gasteiger partial charge on any atom is 0.391 e. The second-order valence-corrected chi connectivity index (χ2v) is 8.36. The summed E-state index contributed by atoms with van der Waals surface area (Å²) < 4.78 is 38.4. The van der Waals surface area contributed by atoms with Crippen LogP contribution >= 0.6 is 0 Å². The standard InChI is InChI=1S/C21H24F3N3O3/c22-21(23,24)14-2-4-15(5-3-14)25-10-12-1-6-16-13(9-12)11-27(20(16)30)17-7-8-18(28)26-19(17)29/h1,6,9,14-15,17,25H,2-5,7-8,10-11H2,(H,26,28,29)/t14-,15-,17?. The van der Waals surface area contributed by atoms with Crippen LogP contribution < -0.4 is 10.6 Å². The van der Waals surface area contributed by atoms with E-state index in [9.17, 15) is 27.6 Å². The van der Waals surface area contributed by atoms with Gasteiger partial charge in [0.25, 0.3) is 5.91 Å². The third-order valence-corrected chi connectivity index (χ3v) is 6.37. The van der Waals surface area contributed by atoms with Crippen LogP contribution in [-0.4, -0.2) is 40.9 Å². The Kier molecular flexibility index (Phi) is 5.57. The van der Waals surface area contributed by atoms with Crippen molar-refractivity contribution in [2.75, 3.05) is 0 Å². The van der Waals surface area contributed by atoms with Crippen molar-refractivity contribution in [3.05, 3.63) is 34.9 Å². The molecule has 1 atom stereocenters. The molecule has 1 aromatic carbocycles. The van der Waals surface area contributed by atoms with E-state index in [-0.39, 0.29) is 37.1 Å². The molecule has 1 unspecified atom stereocenters. The average Bonchev–Trinajstić information content (AvgIpc) is 3.02. The number of amides is 3. The molecule has 2 N–H and O–H groups in total. The number of hydrogen-bond donors (Lipinski definition) is 2. The van der Waals surface area contributed by atoms with Crippen molar-refractivity contribution < 1.29 is 27.6 Å². The zero-order chi connectivity index (χ0) is 21.5. The van der Waals surface area contributed by atoms with Crippen LogP contribution in [0, 0.1) is 5.92 Å². The van der Waals surface area contributed by atoms with Crippen molar-refractivity contribution in [2.45, 2.75) is 69.9 Å². The molecule has 1 saturated carbocycles. The zero-order valence-electron chi connectivity index (χ0n) is 16.4. The number of rotatable bonds is 4. The Hall–Kier alpha value is -2.42. The maximum atomic E-state index is 12.8. The van der Waals surface area contributed by atoms with E-state index in [4.69, 9.17) is 0 Å². The molecule has 2 fully saturated rings. The van der Waals surface area contributed by atoms with E-state index in [1.165, 1.54) is 4.90 Å². The number of nitrogens with one attached hydrogen (secondary N) is 2. The zero-order valence-corrected chi connectivity index (χ0v) is 16.4. The van der Waals surface area contributed by atoms with Gasteiger partial charge in [0.15, 0.2) is 0 Å². The van der Waals surface area contributed by atoms with E-state index >= 15 is 0 Å². The quantitative estimate of drug-likeness (QED) is 0.730. The van der Waals surface area contributed by atoms with Crippen molar-refractivity contribution in [3.63, 3.8) is 0 Å². The minimum Gasteiger partial charge on any atom is -0.322 e. The van der Waals surface area contributed by atoms with Gasteiger partial charge in [-0.25, -0.2) is 0 Å².